The van der Waals surface area contributed by atoms with E-state index in [1.165, 1.54) is 0 Å². The van der Waals surface area contributed by atoms with Crippen LogP contribution in [-0.4, -0.2) is 42.7 Å². The Labute approximate surface area is 173 Å². The van der Waals surface area contributed by atoms with Crippen LogP contribution in [0.5, 0.6) is 11.5 Å². The van der Waals surface area contributed by atoms with Crippen molar-refractivity contribution in [2.24, 2.45) is 0 Å². The number of methoxy groups -OCH3 is 2. The lowest BCUT2D eigenvalue weighted by Crippen LogP contribution is -2.13. The zero-order valence-corrected chi connectivity index (χ0v) is 17.7. The van der Waals surface area contributed by atoms with Gasteiger partial charge in [-0.2, -0.15) is 0 Å². The lowest BCUT2D eigenvalue weighted by atomic mass is 9.97. The van der Waals surface area contributed by atoms with Crippen molar-refractivity contribution in [3.8, 4) is 22.6 Å². The Bertz CT molecular complexity index is 1230. The Hall–Kier alpha value is -3.19. The summed E-state index contributed by atoms with van der Waals surface area (Å²) in [6.07, 6.45) is 1.72. The third kappa shape index (κ3) is 2.81. The fourth-order valence-electron chi connectivity index (χ4n) is 3.69. The molecule has 0 radical (unpaired) electrons. The van der Waals surface area contributed by atoms with Crippen molar-refractivity contribution >= 4 is 39.9 Å². The number of nitrogen functional groups attached to an aromatic ring is 1. The number of benzene rings is 2. The summed E-state index contributed by atoms with van der Waals surface area (Å²) < 4.78 is 13.4. The molecule has 2 N–H and O–H groups in total. The molecule has 0 saturated carbocycles. The standard InChI is InChI=1S/C21H22ClN5O2/c1-11-7-6-8-12(22)16(11)17-18-13(9-15(28-4)19(17)29-5)27-14(20(23)25-18)10-24-21(27)26(2)3/h6-10H,1-5H3,(H2,23,25). The second-order valence-corrected chi connectivity index (χ2v) is 7.36. The molecule has 0 aliphatic heterocycles. The van der Waals surface area contributed by atoms with Gasteiger partial charge in [0.15, 0.2) is 11.5 Å². The maximum atomic E-state index is 6.62. The van der Waals surface area contributed by atoms with Gasteiger partial charge in [-0.1, -0.05) is 23.7 Å². The molecule has 0 fully saturated rings. The van der Waals surface area contributed by atoms with E-state index in [1.54, 1.807) is 20.4 Å². The van der Waals surface area contributed by atoms with Gasteiger partial charge < -0.3 is 20.1 Å². The van der Waals surface area contributed by atoms with Crippen LogP contribution >= 0.6 is 11.6 Å². The van der Waals surface area contributed by atoms with Crippen LogP contribution in [0.4, 0.5) is 11.8 Å². The first-order chi connectivity index (χ1) is 13.9. The number of ether oxygens (including phenoxy) is 2. The van der Waals surface area contributed by atoms with E-state index in [0.717, 1.165) is 33.7 Å². The monoisotopic (exact) mass is 411 g/mol. The first-order valence-electron chi connectivity index (χ1n) is 9.03. The summed E-state index contributed by atoms with van der Waals surface area (Å²) in [5, 5.41) is 0.594. The molecule has 4 aromatic rings. The summed E-state index contributed by atoms with van der Waals surface area (Å²) in [6, 6.07) is 7.64. The van der Waals surface area contributed by atoms with Crippen molar-refractivity contribution in [1.82, 2.24) is 14.4 Å². The lowest BCUT2D eigenvalue weighted by molar-refractivity contribution is 0.357. The van der Waals surface area contributed by atoms with Gasteiger partial charge in [0.05, 0.1) is 31.5 Å². The number of anilines is 2. The molecule has 4 rings (SSSR count). The molecule has 0 aliphatic carbocycles. The maximum absolute atomic E-state index is 6.62. The van der Waals surface area contributed by atoms with Gasteiger partial charge in [-0.3, -0.25) is 4.40 Å². The first-order valence-corrected chi connectivity index (χ1v) is 9.41. The molecule has 0 spiro atoms. The second-order valence-electron chi connectivity index (χ2n) is 6.96. The smallest absolute Gasteiger partial charge is 0.210 e. The molecular formula is C21H22ClN5O2. The number of hydrogen-bond donors (Lipinski definition) is 1. The van der Waals surface area contributed by atoms with Gasteiger partial charge >= 0.3 is 0 Å². The zero-order chi connectivity index (χ0) is 20.9. The highest BCUT2D eigenvalue weighted by Gasteiger charge is 2.24. The van der Waals surface area contributed by atoms with Crippen LogP contribution in [0.25, 0.3) is 27.7 Å². The van der Waals surface area contributed by atoms with Gasteiger partial charge in [0.1, 0.15) is 16.9 Å². The van der Waals surface area contributed by atoms with Crippen LogP contribution in [0.1, 0.15) is 5.56 Å². The molecule has 150 valence electrons. The predicted molar refractivity (Wildman–Crippen MR) is 118 cm³/mol. The molecule has 0 unspecified atom stereocenters. The summed E-state index contributed by atoms with van der Waals surface area (Å²) in [4.78, 5) is 11.2. The Kier molecular flexibility index (Phi) is 4.62. The highest BCUT2D eigenvalue weighted by atomic mass is 35.5. The highest BCUT2D eigenvalue weighted by molar-refractivity contribution is 6.34. The molecule has 0 saturated heterocycles. The minimum atomic E-state index is 0.372. The molecule has 29 heavy (non-hydrogen) atoms. The Balaban J connectivity index is 2.30. The number of nitrogens with two attached hydrogens (primary N) is 1. The molecule has 2 aromatic heterocycles. The van der Waals surface area contributed by atoms with Crippen LogP contribution in [0.2, 0.25) is 5.02 Å². The number of aryl methyl sites for hydroxylation is 1. The average Bonchev–Trinajstić information content (AvgIpc) is 3.14. The summed E-state index contributed by atoms with van der Waals surface area (Å²) in [7, 11) is 7.06. The topological polar surface area (TPSA) is 77.9 Å². The number of aromatic nitrogens is 3. The van der Waals surface area contributed by atoms with Crippen LogP contribution in [0.3, 0.4) is 0 Å². The average molecular weight is 412 g/mol. The van der Waals surface area contributed by atoms with Crippen molar-refractivity contribution in [3.63, 3.8) is 0 Å². The number of rotatable bonds is 4. The van der Waals surface area contributed by atoms with Crippen molar-refractivity contribution in [2.75, 3.05) is 38.9 Å². The molecule has 0 atom stereocenters. The Morgan fingerprint density at radius 3 is 2.48 bits per heavy atom. The number of fused-ring (bicyclic) bond motifs is 3. The van der Waals surface area contributed by atoms with Crippen molar-refractivity contribution < 1.29 is 9.47 Å². The number of imidazole rings is 1. The van der Waals surface area contributed by atoms with Crippen LogP contribution in [0, 0.1) is 6.92 Å². The van der Waals surface area contributed by atoms with Crippen LogP contribution < -0.4 is 20.1 Å². The molecule has 8 heteroatoms. The van der Waals surface area contributed by atoms with Gasteiger partial charge in [-0.25, -0.2) is 9.97 Å². The SMILES string of the molecule is COc1cc2c(nc(N)c3cnc(N(C)C)n32)c(-c2c(C)cccc2Cl)c1OC. The molecular weight excluding hydrogens is 390 g/mol. The number of nitrogens with zero attached hydrogens (tertiary/aromatic N) is 4. The molecule has 0 amide bonds. The van der Waals surface area contributed by atoms with Gasteiger partial charge in [-0.15, -0.1) is 0 Å². The van der Waals surface area contributed by atoms with E-state index in [9.17, 15) is 0 Å². The third-order valence-electron chi connectivity index (χ3n) is 4.97. The summed E-state index contributed by atoms with van der Waals surface area (Å²) in [5.41, 5.74) is 11.0. The quantitative estimate of drug-likeness (QED) is 0.542. The molecule has 0 aliphatic rings. The van der Waals surface area contributed by atoms with Crippen molar-refractivity contribution in [1.29, 1.82) is 0 Å². The first kappa shape index (κ1) is 19.1. The van der Waals surface area contributed by atoms with Crippen LogP contribution in [0.15, 0.2) is 30.5 Å². The van der Waals surface area contributed by atoms with E-state index in [4.69, 9.17) is 31.8 Å². The molecule has 7 nitrogen and oxygen atoms in total. The fourth-order valence-corrected chi connectivity index (χ4v) is 4.01. The van der Waals surface area contributed by atoms with Gasteiger partial charge in [0, 0.05) is 30.7 Å². The van der Waals surface area contributed by atoms with Crippen molar-refractivity contribution in [3.05, 3.63) is 41.0 Å². The highest BCUT2D eigenvalue weighted by Crippen LogP contribution is 2.47. The van der Waals surface area contributed by atoms with E-state index >= 15 is 0 Å². The molecule has 0 bridgehead atoms. The van der Waals surface area contributed by atoms with Gasteiger partial charge in [0.25, 0.3) is 0 Å². The lowest BCUT2D eigenvalue weighted by Gasteiger charge is -2.20. The van der Waals surface area contributed by atoms with E-state index in [-0.39, 0.29) is 0 Å². The van der Waals surface area contributed by atoms with Gasteiger partial charge in [0.2, 0.25) is 5.95 Å². The van der Waals surface area contributed by atoms with E-state index in [0.29, 0.717) is 27.9 Å². The van der Waals surface area contributed by atoms with E-state index < -0.39 is 0 Å². The van der Waals surface area contributed by atoms with E-state index in [1.807, 2.05) is 54.6 Å². The Morgan fingerprint density at radius 1 is 1.10 bits per heavy atom. The largest absolute Gasteiger partial charge is 0.493 e. The maximum Gasteiger partial charge on any atom is 0.210 e. The third-order valence-corrected chi connectivity index (χ3v) is 5.29. The normalized spacial score (nSPS) is 11.2. The summed E-state index contributed by atoms with van der Waals surface area (Å²) in [5.74, 6) is 2.22. The van der Waals surface area contributed by atoms with Crippen molar-refractivity contribution in [2.45, 2.75) is 6.92 Å². The van der Waals surface area contributed by atoms with Crippen LogP contribution in [-0.2, 0) is 0 Å². The molecule has 2 aromatic carbocycles. The fraction of sp³-hybridized carbons (Fsp3) is 0.238. The second kappa shape index (κ2) is 7.00. The number of hydrogen-bond acceptors (Lipinski definition) is 6. The minimum absolute atomic E-state index is 0.372. The Morgan fingerprint density at radius 2 is 1.86 bits per heavy atom. The minimum Gasteiger partial charge on any atom is -0.493 e. The predicted octanol–water partition coefficient (Wildman–Crippen LogP) is 4.18. The number of halogens is 1. The van der Waals surface area contributed by atoms with Gasteiger partial charge in [-0.05, 0) is 18.6 Å². The van der Waals surface area contributed by atoms with E-state index in [2.05, 4.69) is 4.98 Å². The molecule has 2 heterocycles. The summed E-state index contributed by atoms with van der Waals surface area (Å²) in [6.45, 7) is 2.00. The zero-order valence-electron chi connectivity index (χ0n) is 16.9. The summed E-state index contributed by atoms with van der Waals surface area (Å²) >= 11 is 6.62.